The Morgan fingerprint density at radius 3 is 2.95 bits per heavy atom. The minimum atomic E-state index is -0.527. The highest BCUT2D eigenvalue weighted by Gasteiger charge is 2.28. The number of nitrogens with zero attached hydrogens (tertiary/aromatic N) is 1. The third-order valence-corrected chi connectivity index (χ3v) is 3.58. The van der Waals surface area contributed by atoms with Crippen LogP contribution in [0.2, 0.25) is 5.02 Å². The topological polar surface area (TPSA) is 41.6 Å². The first-order valence-corrected chi connectivity index (χ1v) is 6.90. The first-order chi connectivity index (χ1) is 9.09. The lowest BCUT2D eigenvalue weighted by molar-refractivity contribution is -0.140. The average molecular weight is 283 g/mol. The van der Waals surface area contributed by atoms with E-state index in [4.69, 9.17) is 16.3 Å². The van der Waals surface area contributed by atoms with Crippen LogP contribution in [0.25, 0.3) is 0 Å². The fourth-order valence-electron chi connectivity index (χ4n) is 2.18. The van der Waals surface area contributed by atoms with Crippen LogP contribution >= 0.6 is 11.6 Å². The van der Waals surface area contributed by atoms with Crippen molar-refractivity contribution in [2.24, 2.45) is 0 Å². The highest BCUT2D eigenvalue weighted by Crippen LogP contribution is 2.24. The van der Waals surface area contributed by atoms with Gasteiger partial charge in [-0.15, -0.1) is 0 Å². The van der Waals surface area contributed by atoms with Gasteiger partial charge in [-0.2, -0.15) is 0 Å². The number of nitrogens with one attached hydrogen (secondary N) is 1. The van der Waals surface area contributed by atoms with Crippen LogP contribution in [0.1, 0.15) is 13.8 Å². The molecular formula is C14H19ClN2O2. The van der Waals surface area contributed by atoms with E-state index >= 15 is 0 Å². The predicted molar refractivity (Wildman–Crippen MR) is 75.6 cm³/mol. The number of piperazine rings is 1. The van der Waals surface area contributed by atoms with Gasteiger partial charge in [0.15, 0.2) is 6.10 Å². The second-order valence-corrected chi connectivity index (χ2v) is 5.18. The van der Waals surface area contributed by atoms with Crippen molar-refractivity contribution in [2.75, 3.05) is 19.6 Å². The van der Waals surface area contributed by atoms with Crippen molar-refractivity contribution in [3.63, 3.8) is 0 Å². The second-order valence-electron chi connectivity index (χ2n) is 4.78. The number of para-hydroxylation sites is 1. The van der Waals surface area contributed by atoms with E-state index in [0.29, 0.717) is 10.8 Å². The fourth-order valence-corrected chi connectivity index (χ4v) is 2.36. The highest BCUT2D eigenvalue weighted by molar-refractivity contribution is 6.32. The van der Waals surface area contributed by atoms with E-state index in [1.807, 2.05) is 24.0 Å². The predicted octanol–water partition coefficient (Wildman–Crippen LogP) is 1.93. The van der Waals surface area contributed by atoms with Gasteiger partial charge in [0.1, 0.15) is 5.75 Å². The first-order valence-electron chi connectivity index (χ1n) is 6.52. The van der Waals surface area contributed by atoms with Crippen LogP contribution in [0.3, 0.4) is 0 Å². The molecule has 2 atom stereocenters. The molecule has 1 fully saturated rings. The van der Waals surface area contributed by atoms with Crippen LogP contribution in [0.5, 0.6) is 5.75 Å². The summed E-state index contributed by atoms with van der Waals surface area (Å²) in [5, 5.41) is 3.78. The molecule has 5 heteroatoms. The zero-order chi connectivity index (χ0) is 13.8. The third kappa shape index (κ3) is 3.39. The van der Waals surface area contributed by atoms with Crippen LogP contribution in [-0.4, -0.2) is 42.6 Å². The van der Waals surface area contributed by atoms with Gasteiger partial charge in [0.2, 0.25) is 0 Å². The van der Waals surface area contributed by atoms with Gasteiger partial charge >= 0.3 is 0 Å². The van der Waals surface area contributed by atoms with Crippen LogP contribution in [-0.2, 0) is 4.79 Å². The Balaban J connectivity index is 2.01. The lowest BCUT2D eigenvalue weighted by atomic mass is 10.2. The average Bonchev–Trinajstić information content (AvgIpc) is 2.41. The van der Waals surface area contributed by atoms with E-state index in [9.17, 15) is 4.79 Å². The molecule has 4 nitrogen and oxygen atoms in total. The van der Waals surface area contributed by atoms with Crippen LogP contribution in [0.4, 0.5) is 0 Å². The lowest BCUT2D eigenvalue weighted by Gasteiger charge is -2.35. The summed E-state index contributed by atoms with van der Waals surface area (Å²) < 4.78 is 5.66. The van der Waals surface area contributed by atoms with Crippen LogP contribution in [0.15, 0.2) is 24.3 Å². The van der Waals surface area contributed by atoms with Gasteiger partial charge in [0.25, 0.3) is 5.91 Å². The Morgan fingerprint density at radius 2 is 2.26 bits per heavy atom. The van der Waals surface area contributed by atoms with E-state index in [2.05, 4.69) is 5.32 Å². The molecule has 0 saturated carbocycles. The number of amides is 1. The summed E-state index contributed by atoms with van der Waals surface area (Å²) in [7, 11) is 0. The summed E-state index contributed by atoms with van der Waals surface area (Å²) in [5.41, 5.74) is 0. The molecule has 19 heavy (non-hydrogen) atoms. The minimum Gasteiger partial charge on any atom is -0.479 e. The Hall–Kier alpha value is -1.26. The van der Waals surface area contributed by atoms with Crippen molar-refractivity contribution < 1.29 is 9.53 Å². The summed E-state index contributed by atoms with van der Waals surface area (Å²) in [6.07, 6.45) is -0.527. The quantitative estimate of drug-likeness (QED) is 0.921. The van der Waals surface area contributed by atoms with E-state index in [1.54, 1.807) is 19.1 Å². The normalized spacial score (nSPS) is 21.0. The van der Waals surface area contributed by atoms with Crippen molar-refractivity contribution in [2.45, 2.75) is 26.0 Å². The minimum absolute atomic E-state index is 0.00826. The van der Waals surface area contributed by atoms with Crippen molar-refractivity contribution in [3.05, 3.63) is 29.3 Å². The van der Waals surface area contributed by atoms with Gasteiger partial charge in [0, 0.05) is 25.7 Å². The molecule has 1 heterocycles. The molecular weight excluding hydrogens is 264 g/mol. The van der Waals surface area contributed by atoms with Gasteiger partial charge in [-0.3, -0.25) is 4.79 Å². The number of rotatable bonds is 3. The van der Waals surface area contributed by atoms with Crippen LogP contribution in [0, 0.1) is 0 Å². The molecule has 1 aromatic rings. The second kappa shape index (κ2) is 6.26. The summed E-state index contributed by atoms with van der Waals surface area (Å²) in [6.45, 7) is 6.17. The number of carbonyl (C=O) groups excluding carboxylic acids is 1. The van der Waals surface area contributed by atoms with Crippen molar-refractivity contribution in [3.8, 4) is 5.75 Å². The number of hydrogen-bond acceptors (Lipinski definition) is 3. The molecule has 104 valence electrons. The number of carbonyl (C=O) groups is 1. The van der Waals surface area contributed by atoms with Crippen LogP contribution < -0.4 is 10.1 Å². The number of halogens is 1. The lowest BCUT2D eigenvalue weighted by Crippen LogP contribution is -2.55. The van der Waals surface area contributed by atoms with E-state index < -0.39 is 6.10 Å². The standard InChI is InChI=1S/C14H19ClN2O2/c1-10-9-16-7-8-17(10)14(18)11(2)19-13-6-4-3-5-12(13)15/h3-6,10-11,16H,7-9H2,1-2H3/t10-,11-/m1/s1. The van der Waals surface area contributed by atoms with E-state index in [-0.39, 0.29) is 11.9 Å². The third-order valence-electron chi connectivity index (χ3n) is 3.27. The van der Waals surface area contributed by atoms with Gasteiger partial charge < -0.3 is 15.0 Å². The molecule has 0 spiro atoms. The zero-order valence-corrected chi connectivity index (χ0v) is 12.0. The largest absolute Gasteiger partial charge is 0.479 e. The first kappa shape index (κ1) is 14.2. The summed E-state index contributed by atoms with van der Waals surface area (Å²) >= 11 is 6.03. The van der Waals surface area contributed by atoms with Gasteiger partial charge in [-0.1, -0.05) is 23.7 Å². The number of hydrogen-bond donors (Lipinski definition) is 1. The van der Waals surface area contributed by atoms with Gasteiger partial charge in [0.05, 0.1) is 5.02 Å². The fraction of sp³-hybridized carbons (Fsp3) is 0.500. The van der Waals surface area contributed by atoms with Crippen molar-refractivity contribution in [1.29, 1.82) is 0 Å². The van der Waals surface area contributed by atoms with Crippen molar-refractivity contribution in [1.82, 2.24) is 10.2 Å². The number of ether oxygens (including phenoxy) is 1. The molecule has 2 rings (SSSR count). The molecule has 0 aliphatic carbocycles. The summed E-state index contributed by atoms with van der Waals surface area (Å²) in [5.74, 6) is 0.557. The maximum Gasteiger partial charge on any atom is 0.263 e. The molecule has 1 amide bonds. The van der Waals surface area contributed by atoms with E-state index in [0.717, 1.165) is 19.6 Å². The smallest absolute Gasteiger partial charge is 0.263 e. The molecule has 1 aliphatic heterocycles. The summed E-state index contributed by atoms with van der Waals surface area (Å²) in [6, 6.07) is 7.39. The molecule has 0 aromatic heterocycles. The SMILES string of the molecule is C[C@@H]1CNCCN1C(=O)[C@@H](C)Oc1ccccc1Cl. The maximum absolute atomic E-state index is 12.4. The summed E-state index contributed by atoms with van der Waals surface area (Å²) in [4.78, 5) is 14.2. The molecule has 0 unspecified atom stereocenters. The molecule has 1 aliphatic rings. The maximum atomic E-state index is 12.4. The Kier molecular flexibility index (Phi) is 4.66. The van der Waals surface area contributed by atoms with E-state index in [1.165, 1.54) is 0 Å². The Bertz CT molecular complexity index is 453. The van der Waals surface area contributed by atoms with Crippen molar-refractivity contribution >= 4 is 17.5 Å². The van der Waals surface area contributed by atoms with Gasteiger partial charge in [-0.05, 0) is 26.0 Å². The monoisotopic (exact) mass is 282 g/mol. The van der Waals surface area contributed by atoms with Gasteiger partial charge in [-0.25, -0.2) is 0 Å². The Labute approximate surface area is 118 Å². The molecule has 0 bridgehead atoms. The highest BCUT2D eigenvalue weighted by atomic mass is 35.5. The Morgan fingerprint density at radius 1 is 1.53 bits per heavy atom. The zero-order valence-electron chi connectivity index (χ0n) is 11.2. The molecule has 1 N–H and O–H groups in total. The molecule has 0 radical (unpaired) electrons. The molecule has 1 saturated heterocycles. The molecule has 1 aromatic carbocycles. The number of benzene rings is 1.